The van der Waals surface area contributed by atoms with Gasteiger partial charge in [0, 0.05) is 5.46 Å². The molecule has 1 aromatic carbocycles. The van der Waals surface area contributed by atoms with Crippen molar-refractivity contribution in [1.29, 1.82) is 0 Å². The lowest BCUT2D eigenvalue weighted by Crippen LogP contribution is -2.49. The molecule has 21 heavy (non-hydrogen) atoms. The molecule has 4 fully saturated rings. The maximum atomic E-state index is 9.62. The number of methoxy groups -OCH3 is 1. The minimum absolute atomic E-state index is 0.282. The van der Waals surface area contributed by atoms with E-state index in [4.69, 9.17) is 4.74 Å². The third kappa shape index (κ3) is 2.11. The Labute approximate surface area is 126 Å². The number of hydrogen-bond acceptors (Lipinski definition) is 3. The highest BCUT2D eigenvalue weighted by Gasteiger charge is 2.51. The molecule has 0 aromatic heterocycles. The molecule has 3 nitrogen and oxygen atoms in total. The summed E-state index contributed by atoms with van der Waals surface area (Å²) >= 11 is 0. The third-order valence-corrected chi connectivity index (χ3v) is 6.16. The number of rotatable bonds is 3. The Balaban J connectivity index is 1.74. The summed E-state index contributed by atoms with van der Waals surface area (Å²) in [5.41, 5.74) is 2.08. The van der Waals surface area contributed by atoms with Crippen molar-refractivity contribution in [3.05, 3.63) is 23.8 Å². The van der Waals surface area contributed by atoms with Gasteiger partial charge in [0.1, 0.15) is 5.75 Å². The molecule has 0 spiro atoms. The minimum atomic E-state index is -1.46. The lowest BCUT2D eigenvalue weighted by molar-refractivity contribution is -0.00517. The molecule has 0 aliphatic heterocycles. The van der Waals surface area contributed by atoms with Crippen LogP contribution in [0.25, 0.3) is 0 Å². The Kier molecular flexibility index (Phi) is 3.09. The van der Waals surface area contributed by atoms with Crippen LogP contribution in [0.2, 0.25) is 0 Å². The van der Waals surface area contributed by atoms with Crippen LogP contribution in [0, 0.1) is 17.8 Å². The van der Waals surface area contributed by atoms with E-state index in [2.05, 4.69) is 6.07 Å². The van der Waals surface area contributed by atoms with Gasteiger partial charge in [-0.25, -0.2) is 0 Å². The van der Waals surface area contributed by atoms with E-state index < -0.39 is 7.12 Å². The fourth-order valence-corrected chi connectivity index (χ4v) is 5.73. The third-order valence-electron chi connectivity index (χ3n) is 6.16. The Hall–Kier alpha value is -0.995. The van der Waals surface area contributed by atoms with E-state index in [0.29, 0.717) is 11.2 Å². The SMILES string of the molecule is COc1ccc(C23CC4CC(CC(C4)C2)C3)cc1B(O)O. The fourth-order valence-electron chi connectivity index (χ4n) is 5.73. The molecule has 1 aromatic rings. The van der Waals surface area contributed by atoms with E-state index in [1.54, 1.807) is 7.11 Å². The van der Waals surface area contributed by atoms with E-state index in [0.717, 1.165) is 17.8 Å². The van der Waals surface area contributed by atoms with Crippen LogP contribution in [-0.4, -0.2) is 24.3 Å². The summed E-state index contributed by atoms with van der Waals surface area (Å²) in [5, 5.41) is 19.2. The van der Waals surface area contributed by atoms with Crippen LogP contribution in [0.15, 0.2) is 18.2 Å². The average molecular weight is 286 g/mol. The zero-order valence-corrected chi connectivity index (χ0v) is 12.6. The van der Waals surface area contributed by atoms with Crippen LogP contribution in [0.1, 0.15) is 44.1 Å². The highest BCUT2D eigenvalue weighted by atomic mass is 16.5. The molecule has 4 aliphatic carbocycles. The van der Waals surface area contributed by atoms with Crippen molar-refractivity contribution in [3.63, 3.8) is 0 Å². The topological polar surface area (TPSA) is 49.7 Å². The van der Waals surface area contributed by atoms with Crippen LogP contribution in [0.4, 0.5) is 0 Å². The van der Waals surface area contributed by atoms with Gasteiger partial charge in [-0.2, -0.15) is 0 Å². The molecule has 112 valence electrons. The second-order valence-corrected chi connectivity index (χ2v) is 7.53. The van der Waals surface area contributed by atoms with Gasteiger partial charge in [-0.3, -0.25) is 0 Å². The van der Waals surface area contributed by atoms with Crippen molar-refractivity contribution in [2.45, 2.75) is 43.9 Å². The Morgan fingerprint density at radius 3 is 2.10 bits per heavy atom. The molecule has 0 heterocycles. The minimum Gasteiger partial charge on any atom is -0.497 e. The zero-order valence-electron chi connectivity index (χ0n) is 12.6. The molecule has 4 heteroatoms. The molecule has 5 rings (SSSR count). The maximum Gasteiger partial charge on any atom is 0.492 e. The van der Waals surface area contributed by atoms with Crippen LogP contribution in [0.3, 0.4) is 0 Å². The largest absolute Gasteiger partial charge is 0.497 e. The van der Waals surface area contributed by atoms with Crippen molar-refractivity contribution in [1.82, 2.24) is 0 Å². The van der Waals surface area contributed by atoms with Crippen molar-refractivity contribution in [2.75, 3.05) is 7.11 Å². The summed E-state index contributed by atoms with van der Waals surface area (Å²) in [5.74, 6) is 3.24. The summed E-state index contributed by atoms with van der Waals surface area (Å²) in [6.45, 7) is 0. The lowest BCUT2D eigenvalue weighted by Gasteiger charge is -2.57. The Morgan fingerprint density at radius 2 is 1.62 bits per heavy atom. The molecule has 0 atom stereocenters. The molecule has 2 N–H and O–H groups in total. The summed E-state index contributed by atoms with van der Waals surface area (Å²) in [7, 11) is 0.111. The van der Waals surface area contributed by atoms with Gasteiger partial charge in [-0.05, 0) is 73.3 Å². The highest BCUT2D eigenvalue weighted by molar-refractivity contribution is 6.59. The summed E-state index contributed by atoms with van der Waals surface area (Å²) in [4.78, 5) is 0. The maximum absolute atomic E-state index is 9.62. The first-order chi connectivity index (χ1) is 10.1. The van der Waals surface area contributed by atoms with Gasteiger partial charge in [0.2, 0.25) is 0 Å². The summed E-state index contributed by atoms with van der Waals surface area (Å²) < 4.78 is 5.26. The van der Waals surface area contributed by atoms with Crippen molar-refractivity contribution < 1.29 is 14.8 Å². The monoisotopic (exact) mass is 286 g/mol. The number of benzene rings is 1. The van der Waals surface area contributed by atoms with Crippen LogP contribution in [-0.2, 0) is 5.41 Å². The molecule has 0 unspecified atom stereocenters. The Morgan fingerprint density at radius 1 is 1.05 bits per heavy atom. The first-order valence-corrected chi connectivity index (χ1v) is 8.14. The van der Waals surface area contributed by atoms with Gasteiger partial charge < -0.3 is 14.8 Å². The van der Waals surface area contributed by atoms with E-state index in [-0.39, 0.29) is 5.41 Å². The molecule has 0 amide bonds. The van der Waals surface area contributed by atoms with Gasteiger partial charge in [0.15, 0.2) is 0 Å². The highest BCUT2D eigenvalue weighted by Crippen LogP contribution is 2.60. The molecule has 4 saturated carbocycles. The van der Waals surface area contributed by atoms with Gasteiger partial charge in [-0.15, -0.1) is 0 Å². The smallest absolute Gasteiger partial charge is 0.492 e. The average Bonchev–Trinajstić information content (AvgIpc) is 2.45. The van der Waals surface area contributed by atoms with E-state index in [1.807, 2.05) is 12.1 Å². The van der Waals surface area contributed by atoms with Crippen molar-refractivity contribution >= 4 is 12.6 Å². The van der Waals surface area contributed by atoms with Gasteiger partial charge in [-0.1, -0.05) is 12.1 Å². The van der Waals surface area contributed by atoms with Crippen LogP contribution < -0.4 is 10.2 Å². The fraction of sp³-hybridized carbons (Fsp3) is 0.647. The second kappa shape index (κ2) is 4.75. The number of ether oxygens (including phenoxy) is 1. The van der Waals surface area contributed by atoms with Gasteiger partial charge in [0.05, 0.1) is 7.11 Å². The normalized spacial score (nSPS) is 36.8. The van der Waals surface area contributed by atoms with Crippen LogP contribution in [0.5, 0.6) is 5.75 Å². The standard InChI is InChI=1S/C17H23BO3/c1-21-16-3-2-14(7-15(16)18(19)20)17-8-11-4-12(9-17)6-13(5-11)10-17/h2-3,7,11-13,19-20H,4-6,8-10H2,1H3. The quantitative estimate of drug-likeness (QED) is 0.834. The lowest BCUT2D eigenvalue weighted by atomic mass is 9.48. The molecule has 0 radical (unpaired) electrons. The zero-order chi connectivity index (χ0) is 14.6. The van der Waals surface area contributed by atoms with E-state index in [9.17, 15) is 10.0 Å². The predicted molar refractivity (Wildman–Crippen MR) is 82.7 cm³/mol. The van der Waals surface area contributed by atoms with Crippen molar-refractivity contribution in [2.24, 2.45) is 17.8 Å². The second-order valence-electron chi connectivity index (χ2n) is 7.53. The van der Waals surface area contributed by atoms with E-state index in [1.165, 1.54) is 44.1 Å². The Bertz CT molecular complexity index is 520. The molecule has 4 aliphatic rings. The summed E-state index contributed by atoms with van der Waals surface area (Å²) in [6, 6.07) is 6.04. The van der Waals surface area contributed by atoms with Crippen LogP contribution >= 0.6 is 0 Å². The van der Waals surface area contributed by atoms with Gasteiger partial charge in [0.25, 0.3) is 0 Å². The van der Waals surface area contributed by atoms with Gasteiger partial charge >= 0.3 is 7.12 Å². The molecule has 4 bridgehead atoms. The molecular formula is C17H23BO3. The first-order valence-electron chi connectivity index (χ1n) is 8.14. The first kappa shape index (κ1) is 13.7. The van der Waals surface area contributed by atoms with E-state index >= 15 is 0 Å². The molecule has 0 saturated heterocycles. The predicted octanol–water partition coefficient (Wildman–Crippen LogP) is 1.84. The summed E-state index contributed by atoms with van der Waals surface area (Å²) in [6.07, 6.45) is 8.12. The molecular weight excluding hydrogens is 263 g/mol. The number of hydrogen-bond donors (Lipinski definition) is 2. The van der Waals surface area contributed by atoms with Crippen molar-refractivity contribution in [3.8, 4) is 5.75 Å².